The zero-order valence-electron chi connectivity index (χ0n) is 10.9. The average molecular weight is 328 g/mol. The van der Waals surface area contributed by atoms with Gasteiger partial charge in [0.15, 0.2) is 22.3 Å². The van der Waals surface area contributed by atoms with Crippen LogP contribution in [0.15, 0.2) is 17.0 Å². The van der Waals surface area contributed by atoms with E-state index in [1.807, 2.05) is 6.92 Å². The van der Waals surface area contributed by atoms with Crippen molar-refractivity contribution in [2.45, 2.75) is 24.7 Å². The van der Waals surface area contributed by atoms with Crippen LogP contribution in [0.1, 0.15) is 19.8 Å². The molecule has 0 aliphatic carbocycles. The highest BCUT2D eigenvalue weighted by Crippen LogP contribution is 2.32. The van der Waals surface area contributed by atoms with Gasteiger partial charge in [0, 0.05) is 0 Å². The van der Waals surface area contributed by atoms with Crippen molar-refractivity contribution < 1.29 is 35.3 Å². The first kappa shape index (κ1) is 17.4. The maximum absolute atomic E-state index is 13.5. The minimum Gasteiger partial charge on any atom is -0.483 e. The lowest BCUT2D eigenvalue weighted by molar-refractivity contribution is 0.293. The molecule has 0 saturated heterocycles. The van der Waals surface area contributed by atoms with Gasteiger partial charge in [-0.25, -0.2) is 8.78 Å². The van der Waals surface area contributed by atoms with E-state index in [4.69, 9.17) is 4.55 Å². The van der Waals surface area contributed by atoms with Crippen molar-refractivity contribution in [1.29, 1.82) is 0 Å². The maximum Gasteiger partial charge on any atom is 0.300 e. The van der Waals surface area contributed by atoms with Crippen LogP contribution < -0.4 is 4.74 Å². The summed E-state index contributed by atoms with van der Waals surface area (Å²) in [6.45, 7) is 1.53. The zero-order chi connectivity index (χ0) is 16.2. The molecule has 0 spiro atoms. The van der Waals surface area contributed by atoms with Crippen LogP contribution in [0, 0.1) is 23.3 Å². The molecule has 0 amide bonds. The van der Waals surface area contributed by atoms with Crippen molar-refractivity contribution in [3.05, 3.63) is 35.4 Å². The fraction of sp³-hybridized carbons (Fsp3) is 0.333. The molecule has 4 nitrogen and oxygen atoms in total. The standard InChI is InChI=1S/C12H12F4O4S/c1-2-3-4-5-6-20-11-7(13)9(15)12(21(17,18)19)10(16)8(11)14/h4-5H,2-3,6H2,1H3,(H,17,18,19)/b5-4+. The van der Waals surface area contributed by atoms with E-state index in [9.17, 15) is 26.0 Å². The van der Waals surface area contributed by atoms with Crippen LogP contribution >= 0.6 is 0 Å². The molecular weight excluding hydrogens is 316 g/mol. The van der Waals surface area contributed by atoms with Gasteiger partial charge in [0.05, 0.1) is 0 Å². The minimum absolute atomic E-state index is 0.363. The van der Waals surface area contributed by atoms with Gasteiger partial charge in [-0.2, -0.15) is 17.2 Å². The van der Waals surface area contributed by atoms with Crippen LogP contribution in [0.25, 0.3) is 0 Å². The largest absolute Gasteiger partial charge is 0.483 e. The van der Waals surface area contributed by atoms with Crippen molar-refractivity contribution in [2.24, 2.45) is 0 Å². The van der Waals surface area contributed by atoms with Gasteiger partial charge in [-0.15, -0.1) is 0 Å². The van der Waals surface area contributed by atoms with E-state index in [0.717, 1.165) is 6.42 Å². The third-order valence-corrected chi connectivity index (χ3v) is 3.26. The monoisotopic (exact) mass is 328 g/mol. The Labute approximate surface area is 118 Å². The van der Waals surface area contributed by atoms with E-state index in [1.54, 1.807) is 6.08 Å². The molecule has 1 rings (SSSR count). The molecule has 0 bridgehead atoms. The highest BCUT2D eigenvalue weighted by atomic mass is 32.2. The Morgan fingerprint density at radius 2 is 1.57 bits per heavy atom. The summed E-state index contributed by atoms with van der Waals surface area (Å²) >= 11 is 0. The topological polar surface area (TPSA) is 63.6 Å². The second kappa shape index (κ2) is 6.90. The Kier molecular flexibility index (Phi) is 5.73. The Hall–Kier alpha value is -1.61. The van der Waals surface area contributed by atoms with Crippen LogP contribution in [0.3, 0.4) is 0 Å². The number of hydrogen-bond acceptors (Lipinski definition) is 3. The van der Waals surface area contributed by atoms with Gasteiger partial charge in [-0.1, -0.05) is 25.5 Å². The predicted molar refractivity (Wildman–Crippen MR) is 65.6 cm³/mol. The highest BCUT2D eigenvalue weighted by molar-refractivity contribution is 7.85. The second-order valence-electron chi connectivity index (χ2n) is 3.96. The number of unbranched alkanes of at least 4 members (excludes halogenated alkanes) is 1. The molecule has 0 aliphatic heterocycles. The van der Waals surface area contributed by atoms with Crippen molar-refractivity contribution in [1.82, 2.24) is 0 Å². The SMILES string of the molecule is CCC/C=C/COc1c(F)c(F)c(S(=O)(=O)O)c(F)c1F. The van der Waals surface area contributed by atoms with E-state index in [1.165, 1.54) is 6.08 Å². The minimum atomic E-state index is -5.46. The van der Waals surface area contributed by atoms with Gasteiger partial charge in [-0.05, 0) is 6.42 Å². The summed E-state index contributed by atoms with van der Waals surface area (Å²) in [7, 11) is -5.46. The molecule has 0 aliphatic rings. The van der Waals surface area contributed by atoms with Crippen molar-refractivity contribution in [3.8, 4) is 5.75 Å². The summed E-state index contributed by atoms with van der Waals surface area (Å²) < 4.78 is 88.4. The molecule has 0 saturated carbocycles. The van der Waals surface area contributed by atoms with Crippen molar-refractivity contribution in [3.63, 3.8) is 0 Å². The first-order valence-electron chi connectivity index (χ1n) is 5.83. The van der Waals surface area contributed by atoms with Crippen LogP contribution in [0.2, 0.25) is 0 Å². The third-order valence-electron chi connectivity index (χ3n) is 2.39. The zero-order valence-corrected chi connectivity index (χ0v) is 11.7. The Bertz CT molecular complexity index is 627. The summed E-state index contributed by atoms with van der Waals surface area (Å²) in [6, 6.07) is 0. The Balaban J connectivity index is 3.20. The molecule has 21 heavy (non-hydrogen) atoms. The van der Waals surface area contributed by atoms with Gasteiger partial charge in [0.1, 0.15) is 6.61 Å². The summed E-state index contributed by atoms with van der Waals surface area (Å²) in [5.41, 5.74) is 0. The van der Waals surface area contributed by atoms with E-state index in [0.29, 0.717) is 6.42 Å². The summed E-state index contributed by atoms with van der Waals surface area (Å²) in [4.78, 5) is -2.09. The van der Waals surface area contributed by atoms with Gasteiger partial charge in [0.2, 0.25) is 11.6 Å². The van der Waals surface area contributed by atoms with Crippen molar-refractivity contribution in [2.75, 3.05) is 6.61 Å². The second-order valence-corrected chi connectivity index (χ2v) is 5.32. The first-order valence-corrected chi connectivity index (χ1v) is 7.27. The molecule has 118 valence electrons. The molecule has 1 aromatic carbocycles. The van der Waals surface area contributed by atoms with E-state index in [2.05, 4.69) is 4.74 Å². The Morgan fingerprint density at radius 1 is 1.05 bits per heavy atom. The lowest BCUT2D eigenvalue weighted by Gasteiger charge is -2.10. The number of ether oxygens (including phenoxy) is 1. The number of halogens is 4. The maximum atomic E-state index is 13.5. The number of hydrogen-bond donors (Lipinski definition) is 1. The Morgan fingerprint density at radius 3 is 2.00 bits per heavy atom. The molecule has 0 aromatic heterocycles. The van der Waals surface area contributed by atoms with Crippen LogP contribution in [-0.4, -0.2) is 19.6 Å². The molecule has 9 heteroatoms. The summed E-state index contributed by atoms with van der Waals surface area (Å²) in [6.07, 6.45) is 4.52. The lowest BCUT2D eigenvalue weighted by atomic mass is 10.3. The lowest BCUT2D eigenvalue weighted by Crippen LogP contribution is -2.12. The summed E-state index contributed by atoms with van der Waals surface area (Å²) in [5.74, 6) is -9.96. The molecule has 1 N–H and O–H groups in total. The highest BCUT2D eigenvalue weighted by Gasteiger charge is 2.32. The molecule has 0 heterocycles. The molecule has 0 unspecified atom stereocenters. The molecule has 1 aromatic rings. The molecule has 0 fully saturated rings. The normalized spacial score (nSPS) is 12.1. The molecule has 0 radical (unpaired) electrons. The third kappa shape index (κ3) is 3.94. The number of allylic oxidation sites excluding steroid dienone is 1. The quantitative estimate of drug-likeness (QED) is 0.377. The van der Waals surface area contributed by atoms with Gasteiger partial charge >= 0.3 is 10.1 Å². The van der Waals surface area contributed by atoms with Gasteiger partial charge in [-0.3, -0.25) is 4.55 Å². The van der Waals surface area contributed by atoms with E-state index < -0.39 is 44.0 Å². The number of rotatable bonds is 6. The fourth-order valence-corrected chi connectivity index (χ4v) is 2.06. The molecular formula is C12H12F4O4S. The first-order chi connectivity index (χ1) is 9.71. The number of benzene rings is 1. The average Bonchev–Trinajstić information content (AvgIpc) is 2.38. The smallest absolute Gasteiger partial charge is 0.300 e. The van der Waals surface area contributed by atoms with Gasteiger partial charge in [0.25, 0.3) is 0 Å². The summed E-state index contributed by atoms with van der Waals surface area (Å²) in [5, 5.41) is 0. The van der Waals surface area contributed by atoms with E-state index >= 15 is 0 Å². The van der Waals surface area contributed by atoms with Crippen LogP contribution in [0.4, 0.5) is 17.6 Å². The predicted octanol–water partition coefficient (Wildman–Crippen LogP) is 3.22. The van der Waals surface area contributed by atoms with Crippen LogP contribution in [0.5, 0.6) is 5.75 Å². The molecule has 0 atom stereocenters. The van der Waals surface area contributed by atoms with Crippen molar-refractivity contribution >= 4 is 10.1 Å². The van der Waals surface area contributed by atoms with Crippen LogP contribution in [-0.2, 0) is 10.1 Å². The van der Waals surface area contributed by atoms with Gasteiger partial charge < -0.3 is 4.74 Å². The van der Waals surface area contributed by atoms with E-state index in [-0.39, 0.29) is 6.61 Å². The fourth-order valence-electron chi connectivity index (χ4n) is 1.43.